The molecule has 0 amide bonds. The molecular weight excluding hydrogens is 184 g/mol. The monoisotopic (exact) mass is 202 g/mol. The number of rotatable bonds is 4. The SMILES string of the molecule is COC(=O)C(C)(CC(C)C)OC(C)=O. The quantitative estimate of drug-likeness (QED) is 0.649. The minimum absolute atomic E-state index is 0.249. The molecule has 0 saturated carbocycles. The molecule has 0 heterocycles. The standard InChI is InChI=1S/C10H18O4/c1-7(2)6-10(4,9(12)13-5)14-8(3)11/h7H,6H2,1-5H3. The summed E-state index contributed by atoms with van der Waals surface area (Å²) >= 11 is 0. The molecule has 0 bridgehead atoms. The van der Waals surface area contributed by atoms with Crippen LogP contribution in [0.5, 0.6) is 0 Å². The summed E-state index contributed by atoms with van der Waals surface area (Å²) in [5.74, 6) is -0.738. The molecule has 0 aliphatic carbocycles. The summed E-state index contributed by atoms with van der Waals surface area (Å²) in [5, 5.41) is 0. The fourth-order valence-corrected chi connectivity index (χ4v) is 1.48. The summed E-state index contributed by atoms with van der Waals surface area (Å²) < 4.78 is 9.59. The maximum absolute atomic E-state index is 11.4. The molecule has 0 N–H and O–H groups in total. The van der Waals surface area contributed by atoms with Gasteiger partial charge >= 0.3 is 11.9 Å². The summed E-state index contributed by atoms with van der Waals surface area (Å²) in [5.41, 5.74) is -1.16. The molecule has 0 saturated heterocycles. The van der Waals surface area contributed by atoms with E-state index in [0.717, 1.165) is 0 Å². The second-order valence-corrected chi connectivity index (χ2v) is 3.91. The van der Waals surface area contributed by atoms with E-state index in [9.17, 15) is 9.59 Å². The molecule has 0 aromatic heterocycles. The highest BCUT2D eigenvalue weighted by Crippen LogP contribution is 2.22. The lowest BCUT2D eigenvalue weighted by Crippen LogP contribution is -2.42. The first kappa shape index (κ1) is 12.9. The van der Waals surface area contributed by atoms with Crippen molar-refractivity contribution in [3.63, 3.8) is 0 Å². The van der Waals surface area contributed by atoms with Crippen molar-refractivity contribution < 1.29 is 19.1 Å². The van der Waals surface area contributed by atoms with Gasteiger partial charge in [0.25, 0.3) is 0 Å². The van der Waals surface area contributed by atoms with Gasteiger partial charge in [-0.3, -0.25) is 4.79 Å². The Kier molecular flexibility index (Phi) is 4.60. The zero-order chi connectivity index (χ0) is 11.4. The van der Waals surface area contributed by atoms with E-state index in [1.165, 1.54) is 14.0 Å². The number of carbonyl (C=O) groups is 2. The third-order valence-electron chi connectivity index (χ3n) is 1.78. The fraction of sp³-hybridized carbons (Fsp3) is 0.800. The van der Waals surface area contributed by atoms with Crippen molar-refractivity contribution in [3.8, 4) is 0 Å². The second kappa shape index (κ2) is 4.98. The highest BCUT2D eigenvalue weighted by Gasteiger charge is 2.38. The Balaban J connectivity index is 4.65. The van der Waals surface area contributed by atoms with Gasteiger partial charge in [0.15, 0.2) is 0 Å². The molecule has 0 aromatic carbocycles. The fourth-order valence-electron chi connectivity index (χ4n) is 1.48. The first-order valence-corrected chi connectivity index (χ1v) is 4.60. The molecule has 14 heavy (non-hydrogen) atoms. The van der Waals surface area contributed by atoms with E-state index in [-0.39, 0.29) is 5.92 Å². The van der Waals surface area contributed by atoms with Gasteiger partial charge in [0, 0.05) is 13.3 Å². The number of methoxy groups -OCH3 is 1. The Morgan fingerprint density at radius 3 is 2.14 bits per heavy atom. The number of hydrogen-bond acceptors (Lipinski definition) is 4. The molecule has 1 unspecified atom stereocenters. The molecule has 4 nitrogen and oxygen atoms in total. The van der Waals surface area contributed by atoms with Crippen molar-refractivity contribution in [2.75, 3.05) is 7.11 Å². The van der Waals surface area contributed by atoms with Crippen molar-refractivity contribution >= 4 is 11.9 Å². The third-order valence-corrected chi connectivity index (χ3v) is 1.78. The Bertz CT molecular complexity index is 222. The molecular formula is C10H18O4. The zero-order valence-corrected chi connectivity index (χ0v) is 9.42. The van der Waals surface area contributed by atoms with Gasteiger partial charge in [-0.25, -0.2) is 4.79 Å². The first-order valence-electron chi connectivity index (χ1n) is 4.60. The molecule has 0 radical (unpaired) electrons. The van der Waals surface area contributed by atoms with E-state index in [2.05, 4.69) is 4.74 Å². The number of hydrogen-bond donors (Lipinski definition) is 0. The van der Waals surface area contributed by atoms with Crippen LogP contribution in [0.25, 0.3) is 0 Å². The third kappa shape index (κ3) is 3.77. The summed E-state index contributed by atoms with van der Waals surface area (Å²) in [6, 6.07) is 0. The van der Waals surface area contributed by atoms with Crippen LogP contribution < -0.4 is 0 Å². The van der Waals surface area contributed by atoms with Crippen LogP contribution >= 0.6 is 0 Å². The van der Waals surface area contributed by atoms with Gasteiger partial charge in [-0.1, -0.05) is 13.8 Å². The summed E-state index contributed by atoms with van der Waals surface area (Å²) in [7, 11) is 1.28. The summed E-state index contributed by atoms with van der Waals surface area (Å²) in [4.78, 5) is 22.2. The van der Waals surface area contributed by atoms with Gasteiger partial charge in [0.05, 0.1) is 7.11 Å². The van der Waals surface area contributed by atoms with Gasteiger partial charge in [-0.2, -0.15) is 0 Å². The second-order valence-electron chi connectivity index (χ2n) is 3.91. The smallest absolute Gasteiger partial charge is 0.350 e. The van der Waals surface area contributed by atoms with Gasteiger partial charge in [-0.15, -0.1) is 0 Å². The number of ether oxygens (including phenoxy) is 2. The molecule has 0 aliphatic rings. The molecule has 1 atom stereocenters. The largest absolute Gasteiger partial charge is 0.466 e. The minimum Gasteiger partial charge on any atom is -0.466 e. The lowest BCUT2D eigenvalue weighted by atomic mass is 9.94. The van der Waals surface area contributed by atoms with Crippen LogP contribution in [-0.4, -0.2) is 24.6 Å². The van der Waals surface area contributed by atoms with E-state index < -0.39 is 17.5 Å². The van der Waals surface area contributed by atoms with E-state index in [4.69, 9.17) is 4.74 Å². The van der Waals surface area contributed by atoms with Crippen molar-refractivity contribution in [1.82, 2.24) is 0 Å². The first-order chi connectivity index (χ1) is 6.31. The van der Waals surface area contributed by atoms with Crippen molar-refractivity contribution in [3.05, 3.63) is 0 Å². The van der Waals surface area contributed by atoms with Crippen LogP contribution in [-0.2, 0) is 19.1 Å². The van der Waals surface area contributed by atoms with Crippen LogP contribution in [0.15, 0.2) is 0 Å². The molecule has 0 rings (SSSR count). The van der Waals surface area contributed by atoms with Gasteiger partial charge in [0.2, 0.25) is 5.60 Å². The normalized spacial score (nSPS) is 14.7. The van der Waals surface area contributed by atoms with E-state index in [1.54, 1.807) is 6.92 Å². The molecule has 0 spiro atoms. The lowest BCUT2D eigenvalue weighted by molar-refractivity contribution is -0.179. The summed E-state index contributed by atoms with van der Waals surface area (Å²) in [6.45, 7) is 6.75. The number of esters is 2. The summed E-state index contributed by atoms with van der Waals surface area (Å²) in [6.07, 6.45) is 0.458. The lowest BCUT2D eigenvalue weighted by Gasteiger charge is -2.27. The minimum atomic E-state index is -1.16. The highest BCUT2D eigenvalue weighted by atomic mass is 16.6. The van der Waals surface area contributed by atoms with Gasteiger partial charge in [-0.05, 0) is 12.8 Å². The van der Waals surface area contributed by atoms with Crippen LogP contribution in [0.4, 0.5) is 0 Å². The van der Waals surface area contributed by atoms with Crippen LogP contribution in [0, 0.1) is 5.92 Å². The van der Waals surface area contributed by atoms with E-state index in [1.807, 2.05) is 13.8 Å². The molecule has 82 valence electrons. The maximum atomic E-state index is 11.4. The average molecular weight is 202 g/mol. The highest BCUT2D eigenvalue weighted by molar-refractivity contribution is 5.82. The zero-order valence-electron chi connectivity index (χ0n) is 9.42. The van der Waals surface area contributed by atoms with Crippen molar-refractivity contribution in [2.45, 2.75) is 39.7 Å². The van der Waals surface area contributed by atoms with Crippen LogP contribution in [0.3, 0.4) is 0 Å². The van der Waals surface area contributed by atoms with Gasteiger partial charge < -0.3 is 9.47 Å². The van der Waals surface area contributed by atoms with Gasteiger partial charge in [0.1, 0.15) is 0 Å². The number of carbonyl (C=O) groups excluding carboxylic acids is 2. The molecule has 4 heteroatoms. The Labute approximate surface area is 84.6 Å². The maximum Gasteiger partial charge on any atom is 0.350 e. The Morgan fingerprint density at radius 1 is 1.36 bits per heavy atom. The molecule has 0 fully saturated rings. The Hall–Kier alpha value is -1.06. The topological polar surface area (TPSA) is 52.6 Å². The van der Waals surface area contributed by atoms with Crippen molar-refractivity contribution in [2.24, 2.45) is 5.92 Å². The predicted octanol–water partition coefficient (Wildman–Crippen LogP) is 1.53. The predicted molar refractivity (Wildman–Crippen MR) is 51.6 cm³/mol. The van der Waals surface area contributed by atoms with Crippen LogP contribution in [0.2, 0.25) is 0 Å². The van der Waals surface area contributed by atoms with E-state index >= 15 is 0 Å². The van der Waals surface area contributed by atoms with Crippen LogP contribution in [0.1, 0.15) is 34.1 Å². The molecule has 0 aromatic rings. The molecule has 0 aliphatic heterocycles. The van der Waals surface area contributed by atoms with E-state index in [0.29, 0.717) is 6.42 Å². The Morgan fingerprint density at radius 2 is 1.86 bits per heavy atom. The average Bonchev–Trinajstić information content (AvgIpc) is 1.99. The van der Waals surface area contributed by atoms with Crippen molar-refractivity contribution in [1.29, 1.82) is 0 Å².